The third-order valence-electron chi connectivity index (χ3n) is 6.10. The van der Waals surface area contributed by atoms with Gasteiger partial charge in [0.25, 0.3) is 5.91 Å². The van der Waals surface area contributed by atoms with E-state index in [1.807, 2.05) is 62.4 Å². The highest BCUT2D eigenvalue weighted by atomic mass is 16.5. The van der Waals surface area contributed by atoms with Gasteiger partial charge in [-0.3, -0.25) is 9.59 Å². The molecule has 1 saturated carbocycles. The molecule has 0 bridgehead atoms. The second-order valence-corrected chi connectivity index (χ2v) is 8.57. The predicted molar refractivity (Wildman–Crippen MR) is 123 cm³/mol. The highest BCUT2D eigenvalue weighted by Gasteiger charge is 2.28. The fourth-order valence-electron chi connectivity index (χ4n) is 3.98. The SMILES string of the molecule is Cc1ccc(OCC(=O)N(Cc2ccccc2C)C(C)C(=O)NC2CCCCC2)cc1. The number of carbonyl (C=O) groups is 2. The molecule has 1 aliphatic carbocycles. The van der Waals surface area contributed by atoms with Crippen LogP contribution in [0.15, 0.2) is 48.5 Å². The van der Waals surface area contributed by atoms with Crippen LogP contribution in [0.2, 0.25) is 0 Å². The number of hydrogen-bond donors (Lipinski definition) is 1. The third-order valence-corrected chi connectivity index (χ3v) is 6.10. The number of aryl methyl sites for hydroxylation is 2. The summed E-state index contributed by atoms with van der Waals surface area (Å²) in [5, 5.41) is 3.16. The third kappa shape index (κ3) is 6.58. The topological polar surface area (TPSA) is 58.6 Å². The van der Waals surface area contributed by atoms with Crippen molar-refractivity contribution in [2.75, 3.05) is 6.61 Å². The molecule has 31 heavy (non-hydrogen) atoms. The zero-order chi connectivity index (χ0) is 22.2. The van der Waals surface area contributed by atoms with E-state index in [-0.39, 0.29) is 24.5 Å². The summed E-state index contributed by atoms with van der Waals surface area (Å²) in [4.78, 5) is 27.8. The quantitative estimate of drug-likeness (QED) is 0.679. The van der Waals surface area contributed by atoms with Crippen molar-refractivity contribution in [1.82, 2.24) is 10.2 Å². The van der Waals surface area contributed by atoms with E-state index in [1.54, 1.807) is 11.8 Å². The highest BCUT2D eigenvalue weighted by molar-refractivity contribution is 5.88. The number of benzene rings is 2. The van der Waals surface area contributed by atoms with Gasteiger partial charge in [0.15, 0.2) is 6.61 Å². The molecule has 0 saturated heterocycles. The standard InChI is InChI=1S/C26H34N2O3/c1-19-13-15-24(16-14-19)31-18-25(29)28(17-22-10-8-7-9-20(22)2)21(3)26(30)27-23-11-5-4-6-12-23/h7-10,13-16,21,23H,4-6,11-12,17-18H2,1-3H3,(H,27,30). The van der Waals surface area contributed by atoms with Crippen molar-refractivity contribution in [2.24, 2.45) is 0 Å². The van der Waals surface area contributed by atoms with Crippen LogP contribution < -0.4 is 10.1 Å². The largest absolute Gasteiger partial charge is 0.484 e. The molecule has 1 fully saturated rings. The van der Waals surface area contributed by atoms with Crippen LogP contribution in [0.4, 0.5) is 0 Å². The van der Waals surface area contributed by atoms with Gasteiger partial charge in [0.2, 0.25) is 5.91 Å². The molecule has 2 aromatic carbocycles. The molecule has 0 spiro atoms. The van der Waals surface area contributed by atoms with Crippen LogP contribution in [-0.2, 0) is 16.1 Å². The number of ether oxygens (including phenoxy) is 1. The van der Waals surface area contributed by atoms with Crippen LogP contribution >= 0.6 is 0 Å². The smallest absolute Gasteiger partial charge is 0.261 e. The molecule has 2 aromatic rings. The molecule has 1 unspecified atom stereocenters. The van der Waals surface area contributed by atoms with Crippen molar-refractivity contribution in [3.63, 3.8) is 0 Å². The van der Waals surface area contributed by atoms with Gasteiger partial charge >= 0.3 is 0 Å². The summed E-state index contributed by atoms with van der Waals surface area (Å²) in [6.45, 7) is 6.11. The van der Waals surface area contributed by atoms with Gasteiger partial charge in [0.1, 0.15) is 11.8 Å². The molecule has 1 aliphatic rings. The fourth-order valence-corrected chi connectivity index (χ4v) is 3.98. The predicted octanol–water partition coefficient (Wildman–Crippen LogP) is 4.55. The Morgan fingerprint density at radius 2 is 1.71 bits per heavy atom. The number of nitrogens with zero attached hydrogens (tertiary/aromatic N) is 1. The monoisotopic (exact) mass is 422 g/mol. The van der Waals surface area contributed by atoms with Crippen LogP contribution in [-0.4, -0.2) is 35.4 Å². The highest BCUT2D eigenvalue weighted by Crippen LogP contribution is 2.19. The first-order chi connectivity index (χ1) is 14.9. The average Bonchev–Trinajstić information content (AvgIpc) is 2.78. The second kappa shape index (κ2) is 11.0. The zero-order valence-electron chi connectivity index (χ0n) is 18.9. The Kier molecular flexibility index (Phi) is 8.10. The van der Waals surface area contributed by atoms with Gasteiger partial charge in [0, 0.05) is 12.6 Å². The first-order valence-electron chi connectivity index (χ1n) is 11.3. The molecule has 0 aliphatic heterocycles. The van der Waals surface area contributed by atoms with Crippen molar-refractivity contribution < 1.29 is 14.3 Å². The number of amides is 2. The van der Waals surface area contributed by atoms with Crippen molar-refractivity contribution >= 4 is 11.8 Å². The van der Waals surface area contributed by atoms with E-state index >= 15 is 0 Å². The van der Waals surface area contributed by atoms with Crippen molar-refractivity contribution in [2.45, 2.75) is 71.5 Å². The molecule has 5 nitrogen and oxygen atoms in total. The Morgan fingerprint density at radius 3 is 2.39 bits per heavy atom. The molecule has 0 heterocycles. The van der Waals surface area contributed by atoms with Crippen LogP contribution in [0.1, 0.15) is 55.7 Å². The molecular formula is C26H34N2O3. The Bertz CT molecular complexity index is 872. The second-order valence-electron chi connectivity index (χ2n) is 8.57. The Balaban J connectivity index is 1.71. The van der Waals surface area contributed by atoms with Gasteiger partial charge in [-0.05, 0) is 56.9 Å². The van der Waals surface area contributed by atoms with E-state index in [0.29, 0.717) is 12.3 Å². The molecule has 0 radical (unpaired) electrons. The summed E-state index contributed by atoms with van der Waals surface area (Å²) >= 11 is 0. The Morgan fingerprint density at radius 1 is 1.03 bits per heavy atom. The summed E-state index contributed by atoms with van der Waals surface area (Å²) in [5.41, 5.74) is 3.26. The maximum atomic E-state index is 13.2. The van der Waals surface area contributed by atoms with Crippen molar-refractivity contribution in [3.8, 4) is 5.75 Å². The first-order valence-corrected chi connectivity index (χ1v) is 11.3. The molecule has 166 valence electrons. The van der Waals surface area contributed by atoms with E-state index in [4.69, 9.17) is 4.74 Å². The molecule has 0 aromatic heterocycles. The normalized spacial score (nSPS) is 15.2. The minimum absolute atomic E-state index is 0.0934. The molecular weight excluding hydrogens is 388 g/mol. The summed E-state index contributed by atoms with van der Waals surface area (Å²) in [7, 11) is 0. The number of nitrogens with one attached hydrogen (secondary N) is 1. The van der Waals surface area contributed by atoms with E-state index in [0.717, 1.165) is 42.4 Å². The van der Waals surface area contributed by atoms with Gasteiger partial charge in [0.05, 0.1) is 0 Å². The van der Waals surface area contributed by atoms with E-state index in [2.05, 4.69) is 5.32 Å². The Hall–Kier alpha value is -2.82. The average molecular weight is 423 g/mol. The van der Waals surface area contributed by atoms with Crippen molar-refractivity contribution in [1.29, 1.82) is 0 Å². The summed E-state index contributed by atoms with van der Waals surface area (Å²) in [5.74, 6) is 0.355. The lowest BCUT2D eigenvalue weighted by molar-refractivity contribution is -0.142. The number of hydrogen-bond acceptors (Lipinski definition) is 3. The maximum Gasteiger partial charge on any atom is 0.261 e. The lowest BCUT2D eigenvalue weighted by Gasteiger charge is -2.31. The minimum atomic E-state index is -0.573. The molecule has 1 atom stereocenters. The zero-order valence-corrected chi connectivity index (χ0v) is 18.9. The van der Waals surface area contributed by atoms with Crippen LogP contribution in [0.3, 0.4) is 0 Å². The first kappa shape index (κ1) is 22.9. The van der Waals surface area contributed by atoms with E-state index < -0.39 is 6.04 Å². The van der Waals surface area contributed by atoms with Crippen LogP contribution in [0.5, 0.6) is 5.75 Å². The lowest BCUT2D eigenvalue weighted by atomic mass is 9.95. The number of carbonyl (C=O) groups excluding carboxylic acids is 2. The minimum Gasteiger partial charge on any atom is -0.484 e. The van der Waals surface area contributed by atoms with Gasteiger partial charge < -0.3 is 15.0 Å². The van der Waals surface area contributed by atoms with Gasteiger partial charge in [-0.25, -0.2) is 0 Å². The summed E-state index contributed by atoms with van der Waals surface area (Å²) in [6.07, 6.45) is 5.56. The van der Waals surface area contributed by atoms with Gasteiger partial charge in [-0.15, -0.1) is 0 Å². The fraction of sp³-hybridized carbons (Fsp3) is 0.462. The summed E-state index contributed by atoms with van der Waals surface area (Å²) in [6, 6.07) is 15.2. The molecule has 3 rings (SSSR count). The molecule has 5 heteroatoms. The molecule has 1 N–H and O–H groups in total. The van der Waals surface area contributed by atoms with E-state index in [1.165, 1.54) is 6.42 Å². The van der Waals surface area contributed by atoms with Gasteiger partial charge in [-0.1, -0.05) is 61.2 Å². The lowest BCUT2D eigenvalue weighted by Crippen LogP contribution is -2.51. The van der Waals surface area contributed by atoms with Crippen molar-refractivity contribution in [3.05, 3.63) is 65.2 Å². The maximum absolute atomic E-state index is 13.2. The summed E-state index contributed by atoms with van der Waals surface area (Å²) < 4.78 is 5.73. The van der Waals surface area contributed by atoms with Crippen LogP contribution in [0.25, 0.3) is 0 Å². The van der Waals surface area contributed by atoms with Crippen LogP contribution in [0, 0.1) is 13.8 Å². The van der Waals surface area contributed by atoms with Gasteiger partial charge in [-0.2, -0.15) is 0 Å². The number of rotatable bonds is 8. The Labute approximate surface area is 185 Å². The van der Waals surface area contributed by atoms with E-state index in [9.17, 15) is 9.59 Å². The molecule has 2 amide bonds.